The first-order valence-corrected chi connectivity index (χ1v) is 7.57. The second-order valence-electron chi connectivity index (χ2n) is 5.13. The minimum atomic E-state index is -0.477. The second kappa shape index (κ2) is 6.57. The summed E-state index contributed by atoms with van der Waals surface area (Å²) in [7, 11) is 1.80. The van der Waals surface area contributed by atoms with E-state index < -0.39 is 5.56 Å². The molecule has 1 N–H and O–H groups in total. The third-order valence-electron chi connectivity index (χ3n) is 3.60. The predicted octanol–water partition coefficient (Wildman–Crippen LogP) is 3.73. The lowest BCUT2D eigenvalue weighted by atomic mass is 10.1. The molecule has 3 aromatic rings. The summed E-state index contributed by atoms with van der Waals surface area (Å²) in [4.78, 5) is 21.2. The normalized spacial score (nSPS) is 10.2. The molecule has 118 valence electrons. The molecule has 2 aromatic carbocycles. The molecule has 0 fully saturated rings. The van der Waals surface area contributed by atoms with Crippen LogP contribution in [0, 0.1) is 11.3 Å². The van der Waals surface area contributed by atoms with Crippen LogP contribution in [0.25, 0.3) is 11.3 Å². The van der Waals surface area contributed by atoms with E-state index in [1.807, 2.05) is 36.4 Å². The Hall–Kier alpha value is -3.10. The Labute approximate surface area is 143 Å². The number of para-hydroxylation sites is 1. The van der Waals surface area contributed by atoms with Crippen LogP contribution in [0.2, 0.25) is 5.02 Å². The molecule has 0 saturated carbocycles. The lowest BCUT2D eigenvalue weighted by Crippen LogP contribution is -2.21. The zero-order valence-electron chi connectivity index (χ0n) is 12.8. The van der Waals surface area contributed by atoms with Crippen molar-refractivity contribution < 1.29 is 0 Å². The summed E-state index contributed by atoms with van der Waals surface area (Å²) in [6.07, 6.45) is 0. The number of nitriles is 1. The molecule has 0 bridgehead atoms. The maximum absolute atomic E-state index is 12.3. The van der Waals surface area contributed by atoms with Gasteiger partial charge in [0.1, 0.15) is 11.6 Å². The molecule has 0 aliphatic rings. The summed E-state index contributed by atoms with van der Waals surface area (Å²) in [5.41, 5.74) is 1.35. The molecule has 0 saturated heterocycles. The number of anilines is 2. The third-order valence-corrected chi connectivity index (χ3v) is 3.85. The van der Waals surface area contributed by atoms with E-state index in [1.165, 1.54) is 0 Å². The van der Waals surface area contributed by atoms with E-state index in [1.54, 1.807) is 36.2 Å². The Balaban J connectivity index is 2.15. The zero-order valence-corrected chi connectivity index (χ0v) is 13.6. The van der Waals surface area contributed by atoms with E-state index in [4.69, 9.17) is 11.6 Å². The van der Waals surface area contributed by atoms with Crippen molar-refractivity contribution in [1.29, 1.82) is 5.26 Å². The van der Waals surface area contributed by atoms with E-state index in [0.717, 1.165) is 5.69 Å². The van der Waals surface area contributed by atoms with Crippen molar-refractivity contribution in [3.8, 4) is 17.3 Å². The minimum Gasteiger partial charge on any atom is -0.315 e. The average Bonchev–Trinajstić information content (AvgIpc) is 2.62. The van der Waals surface area contributed by atoms with Gasteiger partial charge in [-0.15, -0.1) is 0 Å². The number of halogens is 1. The highest BCUT2D eigenvalue weighted by Crippen LogP contribution is 2.25. The van der Waals surface area contributed by atoms with Gasteiger partial charge < -0.3 is 4.90 Å². The van der Waals surface area contributed by atoms with Crippen LogP contribution >= 0.6 is 11.6 Å². The molecule has 6 heteroatoms. The van der Waals surface area contributed by atoms with E-state index in [9.17, 15) is 10.1 Å². The largest absolute Gasteiger partial charge is 0.315 e. The van der Waals surface area contributed by atoms with Crippen LogP contribution in [0.15, 0.2) is 59.4 Å². The van der Waals surface area contributed by atoms with Crippen LogP contribution in [-0.2, 0) is 0 Å². The molecule has 1 heterocycles. The summed E-state index contributed by atoms with van der Waals surface area (Å²) in [6.45, 7) is 0. The molecule has 24 heavy (non-hydrogen) atoms. The number of aromatic nitrogens is 2. The average molecular weight is 337 g/mol. The van der Waals surface area contributed by atoms with Gasteiger partial charge in [0, 0.05) is 23.3 Å². The molecule has 5 nitrogen and oxygen atoms in total. The van der Waals surface area contributed by atoms with Crippen molar-refractivity contribution in [1.82, 2.24) is 9.97 Å². The number of aromatic amines is 1. The SMILES string of the molecule is CN(c1ccccc1)c1nc(-c2ccc(Cl)cc2)c(C#N)c(=O)[nH]1. The molecule has 3 rings (SSSR count). The Kier molecular flexibility index (Phi) is 4.32. The van der Waals surface area contributed by atoms with Crippen LogP contribution in [-0.4, -0.2) is 17.0 Å². The first-order valence-electron chi connectivity index (χ1n) is 7.19. The van der Waals surface area contributed by atoms with Crippen molar-refractivity contribution in [2.45, 2.75) is 0 Å². The fraction of sp³-hybridized carbons (Fsp3) is 0.0556. The van der Waals surface area contributed by atoms with E-state index in [2.05, 4.69) is 9.97 Å². The molecule has 1 aromatic heterocycles. The van der Waals surface area contributed by atoms with Gasteiger partial charge in [0.25, 0.3) is 5.56 Å². The van der Waals surface area contributed by atoms with Crippen LogP contribution in [0.5, 0.6) is 0 Å². The lowest BCUT2D eigenvalue weighted by molar-refractivity contribution is 1.02. The highest BCUT2D eigenvalue weighted by molar-refractivity contribution is 6.30. The quantitative estimate of drug-likeness (QED) is 0.791. The predicted molar refractivity (Wildman–Crippen MR) is 94.5 cm³/mol. The number of benzene rings is 2. The van der Waals surface area contributed by atoms with E-state index in [-0.39, 0.29) is 5.56 Å². The molecule has 0 amide bonds. The number of H-pyrrole nitrogens is 1. The molecule has 0 spiro atoms. The van der Waals surface area contributed by atoms with Gasteiger partial charge in [0.05, 0.1) is 5.69 Å². The summed E-state index contributed by atoms with van der Waals surface area (Å²) < 4.78 is 0. The first-order chi connectivity index (χ1) is 11.6. The van der Waals surface area contributed by atoms with Crippen molar-refractivity contribution >= 4 is 23.2 Å². The summed E-state index contributed by atoms with van der Waals surface area (Å²) in [6, 6.07) is 18.3. The standard InChI is InChI=1S/C18H13ClN4O/c1-23(14-5-3-2-4-6-14)18-21-16(15(11-20)17(24)22-18)12-7-9-13(19)10-8-12/h2-10H,1H3,(H,21,22,24). The summed E-state index contributed by atoms with van der Waals surface area (Å²) in [5.74, 6) is 0.357. The van der Waals surface area contributed by atoms with Gasteiger partial charge >= 0.3 is 0 Å². The maximum atomic E-state index is 12.3. The molecule has 0 aliphatic carbocycles. The first kappa shape index (κ1) is 15.8. The third kappa shape index (κ3) is 3.00. The number of hydrogen-bond donors (Lipinski definition) is 1. The van der Waals surface area contributed by atoms with Gasteiger partial charge in [-0.2, -0.15) is 5.26 Å². The van der Waals surface area contributed by atoms with Crippen molar-refractivity contribution in [2.75, 3.05) is 11.9 Å². The molecule has 0 aliphatic heterocycles. The molecule has 0 radical (unpaired) electrons. The van der Waals surface area contributed by atoms with Crippen LogP contribution < -0.4 is 10.5 Å². The highest BCUT2D eigenvalue weighted by atomic mass is 35.5. The lowest BCUT2D eigenvalue weighted by Gasteiger charge is -2.18. The Morgan fingerprint density at radius 1 is 1.12 bits per heavy atom. The molecule has 0 atom stereocenters. The van der Waals surface area contributed by atoms with Crippen molar-refractivity contribution in [3.63, 3.8) is 0 Å². The van der Waals surface area contributed by atoms with Crippen LogP contribution in [0.3, 0.4) is 0 Å². The number of hydrogen-bond acceptors (Lipinski definition) is 4. The van der Waals surface area contributed by atoms with E-state index >= 15 is 0 Å². The fourth-order valence-electron chi connectivity index (χ4n) is 2.31. The monoisotopic (exact) mass is 336 g/mol. The Morgan fingerprint density at radius 2 is 1.79 bits per heavy atom. The Bertz CT molecular complexity index is 959. The Morgan fingerprint density at radius 3 is 2.42 bits per heavy atom. The zero-order chi connectivity index (χ0) is 17.1. The number of rotatable bonds is 3. The van der Waals surface area contributed by atoms with E-state index in [0.29, 0.717) is 22.2 Å². The summed E-state index contributed by atoms with van der Waals surface area (Å²) >= 11 is 5.90. The topological polar surface area (TPSA) is 72.8 Å². The minimum absolute atomic E-state index is 0.0254. The van der Waals surface area contributed by atoms with Crippen molar-refractivity contribution in [2.24, 2.45) is 0 Å². The molecular formula is C18H13ClN4O. The fourth-order valence-corrected chi connectivity index (χ4v) is 2.44. The van der Waals surface area contributed by atoms with Gasteiger partial charge in [-0.25, -0.2) is 4.98 Å². The second-order valence-corrected chi connectivity index (χ2v) is 5.56. The maximum Gasteiger partial charge on any atom is 0.270 e. The van der Waals surface area contributed by atoms with Crippen molar-refractivity contribution in [3.05, 3.63) is 75.5 Å². The van der Waals surface area contributed by atoms with Crippen LogP contribution in [0.4, 0.5) is 11.6 Å². The van der Waals surface area contributed by atoms with Crippen LogP contribution in [0.1, 0.15) is 5.56 Å². The molecule has 0 unspecified atom stereocenters. The van der Waals surface area contributed by atoms with Gasteiger partial charge in [0.15, 0.2) is 0 Å². The smallest absolute Gasteiger partial charge is 0.270 e. The van der Waals surface area contributed by atoms with Gasteiger partial charge in [-0.05, 0) is 24.3 Å². The van der Waals surface area contributed by atoms with Gasteiger partial charge in [0.2, 0.25) is 5.95 Å². The number of nitrogens with zero attached hydrogens (tertiary/aromatic N) is 3. The van der Waals surface area contributed by atoms with Gasteiger partial charge in [-0.1, -0.05) is 41.9 Å². The number of nitrogens with one attached hydrogen (secondary N) is 1. The van der Waals surface area contributed by atoms with Gasteiger partial charge in [-0.3, -0.25) is 9.78 Å². The molecular weight excluding hydrogens is 324 g/mol. The highest BCUT2D eigenvalue weighted by Gasteiger charge is 2.16. The summed E-state index contributed by atoms with van der Waals surface area (Å²) in [5, 5.41) is 9.88.